The van der Waals surface area contributed by atoms with Crippen LogP contribution in [-0.2, 0) is 4.79 Å². The van der Waals surface area contributed by atoms with Crippen molar-refractivity contribution in [3.05, 3.63) is 23.8 Å². The van der Waals surface area contributed by atoms with E-state index in [-0.39, 0.29) is 5.91 Å². The van der Waals surface area contributed by atoms with Crippen LogP contribution in [0.3, 0.4) is 0 Å². The SMILES string of the molecule is Cc1cccc(N)c1NC(=O)CN1CCC2CCCCC21. The minimum atomic E-state index is 0.0576. The fourth-order valence-corrected chi connectivity index (χ4v) is 3.92. The van der Waals surface area contributed by atoms with Crippen molar-refractivity contribution in [1.82, 2.24) is 4.90 Å². The molecular weight excluding hydrogens is 262 g/mol. The number of nitrogens with one attached hydrogen (secondary N) is 1. The summed E-state index contributed by atoms with van der Waals surface area (Å²) in [7, 11) is 0. The number of nitrogens with two attached hydrogens (primary N) is 1. The second kappa shape index (κ2) is 6.06. The lowest BCUT2D eigenvalue weighted by Crippen LogP contribution is -2.40. The van der Waals surface area contributed by atoms with Crippen LogP contribution in [0.25, 0.3) is 0 Å². The summed E-state index contributed by atoms with van der Waals surface area (Å²) in [6.45, 7) is 3.53. The number of nitrogens with zero attached hydrogens (tertiary/aromatic N) is 1. The van der Waals surface area contributed by atoms with Gasteiger partial charge in [-0.15, -0.1) is 0 Å². The third-order valence-electron chi connectivity index (χ3n) is 5.04. The second-order valence-corrected chi connectivity index (χ2v) is 6.46. The third kappa shape index (κ3) is 3.05. The molecule has 4 nitrogen and oxygen atoms in total. The average Bonchev–Trinajstić information content (AvgIpc) is 2.87. The summed E-state index contributed by atoms with van der Waals surface area (Å²) in [5.74, 6) is 0.873. The highest BCUT2D eigenvalue weighted by molar-refractivity contribution is 5.96. The number of carbonyl (C=O) groups excluding carboxylic acids is 1. The molecule has 3 rings (SSSR count). The zero-order chi connectivity index (χ0) is 14.8. The molecule has 1 aromatic carbocycles. The van der Waals surface area contributed by atoms with E-state index in [1.807, 2.05) is 25.1 Å². The molecule has 3 N–H and O–H groups in total. The number of amides is 1. The number of nitrogen functional groups attached to an aromatic ring is 1. The molecule has 4 heteroatoms. The van der Waals surface area contributed by atoms with Gasteiger partial charge in [0.2, 0.25) is 5.91 Å². The van der Waals surface area contributed by atoms with Crippen molar-refractivity contribution in [3.8, 4) is 0 Å². The fraction of sp³-hybridized carbons (Fsp3) is 0.588. The quantitative estimate of drug-likeness (QED) is 0.840. The normalized spacial score (nSPS) is 25.6. The number of anilines is 2. The highest BCUT2D eigenvalue weighted by atomic mass is 16.2. The summed E-state index contributed by atoms with van der Waals surface area (Å²) in [6, 6.07) is 6.33. The highest BCUT2D eigenvalue weighted by Gasteiger charge is 2.36. The Morgan fingerprint density at radius 1 is 1.33 bits per heavy atom. The number of hydrogen-bond donors (Lipinski definition) is 2. The molecule has 0 spiro atoms. The van der Waals surface area contributed by atoms with Crippen molar-refractivity contribution >= 4 is 17.3 Å². The Morgan fingerprint density at radius 3 is 2.95 bits per heavy atom. The van der Waals surface area contributed by atoms with Crippen molar-refractivity contribution in [2.24, 2.45) is 5.92 Å². The van der Waals surface area contributed by atoms with Crippen LogP contribution < -0.4 is 11.1 Å². The predicted molar refractivity (Wildman–Crippen MR) is 86.2 cm³/mol. The third-order valence-corrected chi connectivity index (χ3v) is 5.04. The Bertz CT molecular complexity index is 509. The first kappa shape index (κ1) is 14.4. The highest BCUT2D eigenvalue weighted by Crippen LogP contribution is 2.35. The van der Waals surface area contributed by atoms with Crippen molar-refractivity contribution in [2.45, 2.75) is 45.1 Å². The summed E-state index contributed by atoms with van der Waals surface area (Å²) >= 11 is 0. The molecular formula is C17H25N3O. The van der Waals surface area contributed by atoms with Gasteiger partial charge in [0.15, 0.2) is 0 Å². The van der Waals surface area contributed by atoms with Gasteiger partial charge in [-0.05, 0) is 50.3 Å². The average molecular weight is 287 g/mol. The molecule has 0 bridgehead atoms. The smallest absolute Gasteiger partial charge is 0.238 e. The van der Waals surface area contributed by atoms with Crippen molar-refractivity contribution in [2.75, 3.05) is 24.1 Å². The van der Waals surface area contributed by atoms with E-state index in [4.69, 9.17) is 5.73 Å². The molecule has 21 heavy (non-hydrogen) atoms. The molecule has 0 aromatic heterocycles. The van der Waals surface area contributed by atoms with Gasteiger partial charge in [-0.25, -0.2) is 0 Å². The molecule has 114 valence electrons. The van der Waals surface area contributed by atoms with E-state index >= 15 is 0 Å². The van der Waals surface area contributed by atoms with Gasteiger partial charge in [0, 0.05) is 6.04 Å². The number of aryl methyl sites for hydroxylation is 1. The number of para-hydroxylation sites is 1. The van der Waals surface area contributed by atoms with Crippen LogP contribution >= 0.6 is 0 Å². The summed E-state index contributed by atoms with van der Waals surface area (Å²) in [5, 5.41) is 3.00. The van der Waals surface area contributed by atoms with Crippen LogP contribution in [0.1, 0.15) is 37.7 Å². The first-order valence-corrected chi connectivity index (χ1v) is 8.04. The predicted octanol–water partition coefficient (Wildman–Crippen LogP) is 2.78. The molecule has 1 heterocycles. The fourth-order valence-electron chi connectivity index (χ4n) is 3.92. The Hall–Kier alpha value is -1.55. The van der Waals surface area contributed by atoms with E-state index in [9.17, 15) is 4.79 Å². The molecule has 1 aromatic rings. The van der Waals surface area contributed by atoms with Crippen LogP contribution in [0, 0.1) is 12.8 Å². The van der Waals surface area contributed by atoms with Gasteiger partial charge in [-0.2, -0.15) is 0 Å². The zero-order valence-electron chi connectivity index (χ0n) is 12.8. The Labute approximate surface area is 126 Å². The van der Waals surface area contributed by atoms with Crippen molar-refractivity contribution < 1.29 is 4.79 Å². The standard InChI is InChI=1S/C17H25N3O/c1-12-5-4-7-14(18)17(12)19-16(21)11-20-10-9-13-6-2-3-8-15(13)20/h4-5,7,13,15H,2-3,6,8-11,18H2,1H3,(H,19,21). The number of fused-ring (bicyclic) bond motifs is 1. The molecule has 1 amide bonds. The molecule has 2 unspecified atom stereocenters. The van der Waals surface area contributed by atoms with Gasteiger partial charge in [0.25, 0.3) is 0 Å². The summed E-state index contributed by atoms with van der Waals surface area (Å²) < 4.78 is 0. The molecule has 1 aliphatic carbocycles. The van der Waals surface area contributed by atoms with E-state index in [2.05, 4.69) is 10.2 Å². The number of benzene rings is 1. The lowest BCUT2D eigenvalue weighted by atomic mass is 9.85. The van der Waals surface area contributed by atoms with E-state index in [1.165, 1.54) is 32.1 Å². The van der Waals surface area contributed by atoms with Gasteiger partial charge < -0.3 is 11.1 Å². The van der Waals surface area contributed by atoms with Gasteiger partial charge >= 0.3 is 0 Å². The lowest BCUT2D eigenvalue weighted by molar-refractivity contribution is -0.117. The summed E-state index contributed by atoms with van der Waals surface area (Å²) in [5.41, 5.74) is 8.37. The van der Waals surface area contributed by atoms with Crippen LogP contribution in [0.2, 0.25) is 0 Å². The first-order chi connectivity index (χ1) is 10.1. The van der Waals surface area contributed by atoms with E-state index in [1.54, 1.807) is 0 Å². The first-order valence-electron chi connectivity index (χ1n) is 8.04. The van der Waals surface area contributed by atoms with Gasteiger partial charge in [0.1, 0.15) is 0 Å². The minimum absolute atomic E-state index is 0.0576. The van der Waals surface area contributed by atoms with Crippen LogP contribution in [0.4, 0.5) is 11.4 Å². The maximum Gasteiger partial charge on any atom is 0.238 e. The van der Waals surface area contributed by atoms with Gasteiger partial charge in [-0.1, -0.05) is 25.0 Å². The van der Waals surface area contributed by atoms with Crippen LogP contribution in [0.5, 0.6) is 0 Å². The van der Waals surface area contributed by atoms with E-state index < -0.39 is 0 Å². The minimum Gasteiger partial charge on any atom is -0.397 e. The van der Waals surface area contributed by atoms with Gasteiger partial charge in [0.05, 0.1) is 17.9 Å². The topological polar surface area (TPSA) is 58.4 Å². The number of hydrogen-bond acceptors (Lipinski definition) is 3. The lowest BCUT2D eigenvalue weighted by Gasteiger charge is -2.31. The molecule has 2 aliphatic rings. The summed E-state index contributed by atoms with van der Waals surface area (Å²) in [6.07, 6.45) is 6.52. The van der Waals surface area contributed by atoms with Crippen LogP contribution in [-0.4, -0.2) is 29.9 Å². The number of rotatable bonds is 3. The van der Waals surface area contributed by atoms with E-state index in [0.29, 0.717) is 18.3 Å². The Kier molecular flexibility index (Phi) is 4.15. The Balaban J connectivity index is 1.62. The monoisotopic (exact) mass is 287 g/mol. The van der Waals surface area contributed by atoms with Crippen LogP contribution in [0.15, 0.2) is 18.2 Å². The maximum atomic E-state index is 12.3. The molecule has 2 atom stereocenters. The molecule has 2 fully saturated rings. The Morgan fingerprint density at radius 2 is 2.14 bits per heavy atom. The maximum absolute atomic E-state index is 12.3. The molecule has 1 saturated carbocycles. The van der Waals surface area contributed by atoms with Gasteiger partial charge in [-0.3, -0.25) is 9.69 Å². The van der Waals surface area contributed by atoms with Crippen molar-refractivity contribution in [1.29, 1.82) is 0 Å². The second-order valence-electron chi connectivity index (χ2n) is 6.46. The van der Waals surface area contributed by atoms with E-state index in [0.717, 1.165) is 23.7 Å². The largest absolute Gasteiger partial charge is 0.397 e. The molecule has 0 radical (unpaired) electrons. The molecule has 1 aliphatic heterocycles. The van der Waals surface area contributed by atoms with Crippen molar-refractivity contribution in [3.63, 3.8) is 0 Å². The number of carbonyl (C=O) groups is 1. The molecule has 1 saturated heterocycles. The summed E-state index contributed by atoms with van der Waals surface area (Å²) in [4.78, 5) is 14.7. The zero-order valence-corrected chi connectivity index (χ0v) is 12.8. The number of likely N-dealkylation sites (tertiary alicyclic amines) is 1.